The van der Waals surface area contributed by atoms with Crippen LogP contribution in [0, 0.1) is 0 Å². The number of hydrogen-bond donors (Lipinski definition) is 2. The van der Waals surface area contributed by atoms with Gasteiger partial charge in [-0.2, -0.15) is 10.2 Å². The van der Waals surface area contributed by atoms with E-state index in [1.165, 1.54) is 5.56 Å². The van der Waals surface area contributed by atoms with Crippen molar-refractivity contribution in [2.45, 2.75) is 12.5 Å². The first-order chi connectivity index (χ1) is 15.7. The summed E-state index contributed by atoms with van der Waals surface area (Å²) < 4.78 is 0. The Balaban J connectivity index is 1.53. The van der Waals surface area contributed by atoms with Crippen molar-refractivity contribution < 1.29 is 0 Å². The minimum atomic E-state index is 0.154. The van der Waals surface area contributed by atoms with E-state index in [0.29, 0.717) is 11.7 Å². The maximum absolute atomic E-state index is 5.13. The maximum atomic E-state index is 5.13. The summed E-state index contributed by atoms with van der Waals surface area (Å²) in [6.45, 7) is 4.24. The van der Waals surface area contributed by atoms with Gasteiger partial charge in [-0.3, -0.25) is 10.4 Å². The molecular formula is C26H25N5S. The van der Waals surface area contributed by atoms with Crippen molar-refractivity contribution in [1.29, 1.82) is 0 Å². The summed E-state index contributed by atoms with van der Waals surface area (Å²) in [5, 5.41) is 14.7. The summed E-state index contributed by atoms with van der Waals surface area (Å²) in [6.07, 6.45) is 4.34. The van der Waals surface area contributed by atoms with Gasteiger partial charge < -0.3 is 5.32 Å². The van der Waals surface area contributed by atoms with E-state index in [9.17, 15) is 0 Å². The fraction of sp³-hybridized carbons (Fsp3) is 0.115. The molecule has 32 heavy (non-hydrogen) atoms. The molecule has 160 valence electrons. The van der Waals surface area contributed by atoms with E-state index in [-0.39, 0.29) is 6.04 Å². The Morgan fingerprint density at radius 2 is 1.72 bits per heavy atom. The standard InChI is InChI=1S/C26H25N5S/c1-2-17-27-26(32)29-28-19-20-13-15-23(16-14-20)31-25(22-11-7-4-8-12-22)18-24(30-31)21-9-5-3-6-10-21/h2-16,19,25H,1,17-18H2,(H2,27,29,32)/b28-19-/t25-/m0/s1. The first kappa shape index (κ1) is 21.5. The fourth-order valence-electron chi connectivity index (χ4n) is 3.57. The third-order valence-electron chi connectivity index (χ3n) is 5.15. The first-order valence-corrected chi connectivity index (χ1v) is 10.9. The molecule has 0 spiro atoms. The maximum Gasteiger partial charge on any atom is 0.187 e. The first-order valence-electron chi connectivity index (χ1n) is 10.5. The fourth-order valence-corrected chi connectivity index (χ4v) is 3.71. The molecule has 1 heterocycles. The number of benzene rings is 3. The van der Waals surface area contributed by atoms with E-state index in [4.69, 9.17) is 17.3 Å². The van der Waals surface area contributed by atoms with Crippen molar-refractivity contribution in [1.82, 2.24) is 10.7 Å². The van der Waals surface area contributed by atoms with Crippen LogP contribution in [-0.2, 0) is 0 Å². The highest BCUT2D eigenvalue weighted by Crippen LogP contribution is 2.36. The van der Waals surface area contributed by atoms with Crippen molar-refractivity contribution in [3.05, 3.63) is 114 Å². The summed E-state index contributed by atoms with van der Waals surface area (Å²) >= 11 is 5.13. The molecule has 3 aromatic rings. The Kier molecular flexibility index (Phi) is 7.05. The molecule has 0 bridgehead atoms. The van der Waals surface area contributed by atoms with E-state index in [1.807, 2.05) is 24.3 Å². The van der Waals surface area contributed by atoms with Gasteiger partial charge >= 0.3 is 0 Å². The van der Waals surface area contributed by atoms with E-state index >= 15 is 0 Å². The summed E-state index contributed by atoms with van der Waals surface area (Å²) in [6, 6.07) is 29.3. The van der Waals surface area contributed by atoms with Crippen LogP contribution in [0.4, 0.5) is 5.69 Å². The van der Waals surface area contributed by atoms with Crippen LogP contribution in [0.1, 0.15) is 29.2 Å². The van der Waals surface area contributed by atoms with Crippen LogP contribution in [0.25, 0.3) is 0 Å². The van der Waals surface area contributed by atoms with E-state index < -0.39 is 0 Å². The molecule has 0 aromatic heterocycles. The minimum absolute atomic E-state index is 0.154. The third kappa shape index (κ3) is 5.28. The Hall–Kier alpha value is -3.77. The minimum Gasteiger partial charge on any atom is -0.358 e. The van der Waals surface area contributed by atoms with Gasteiger partial charge in [-0.25, -0.2) is 0 Å². The molecular weight excluding hydrogens is 414 g/mol. The highest BCUT2D eigenvalue weighted by molar-refractivity contribution is 7.80. The van der Waals surface area contributed by atoms with E-state index in [1.54, 1.807) is 12.3 Å². The zero-order valence-corrected chi connectivity index (χ0v) is 18.5. The summed E-state index contributed by atoms with van der Waals surface area (Å²) in [4.78, 5) is 0. The molecule has 0 fully saturated rings. The Morgan fingerprint density at radius 3 is 2.41 bits per heavy atom. The average Bonchev–Trinajstić information content (AvgIpc) is 3.30. The van der Waals surface area contributed by atoms with Crippen molar-refractivity contribution in [2.24, 2.45) is 10.2 Å². The van der Waals surface area contributed by atoms with Crippen LogP contribution in [0.5, 0.6) is 0 Å². The number of nitrogens with one attached hydrogen (secondary N) is 2. The molecule has 0 saturated heterocycles. The molecule has 0 saturated carbocycles. The van der Waals surface area contributed by atoms with Gasteiger partial charge in [-0.05, 0) is 41.0 Å². The van der Waals surface area contributed by atoms with Crippen LogP contribution in [0.15, 0.2) is 108 Å². The predicted octanol–water partition coefficient (Wildman–Crippen LogP) is 5.03. The largest absolute Gasteiger partial charge is 0.358 e. The van der Waals surface area contributed by atoms with Gasteiger partial charge in [0.2, 0.25) is 0 Å². The lowest BCUT2D eigenvalue weighted by Gasteiger charge is -2.24. The highest BCUT2D eigenvalue weighted by atomic mass is 32.1. The Labute approximate surface area is 194 Å². The van der Waals surface area contributed by atoms with Crippen molar-refractivity contribution in [3.8, 4) is 0 Å². The van der Waals surface area contributed by atoms with Gasteiger partial charge in [-0.15, -0.1) is 6.58 Å². The lowest BCUT2D eigenvalue weighted by atomic mass is 9.98. The monoisotopic (exact) mass is 439 g/mol. The average molecular weight is 440 g/mol. The number of anilines is 1. The number of hydrazone groups is 2. The lowest BCUT2D eigenvalue weighted by Crippen LogP contribution is -2.31. The van der Waals surface area contributed by atoms with Gasteiger partial charge in [0.1, 0.15) is 0 Å². The molecule has 2 N–H and O–H groups in total. The number of thiocarbonyl (C=S) groups is 1. The smallest absolute Gasteiger partial charge is 0.187 e. The SMILES string of the molecule is C=CCNC(=S)N/N=C\c1ccc(N2N=C(c3ccccc3)C[C@H]2c2ccccc2)cc1. The molecule has 0 unspecified atom stereocenters. The molecule has 6 heteroatoms. The van der Waals surface area contributed by atoms with Gasteiger partial charge in [0.05, 0.1) is 23.7 Å². The normalized spacial score (nSPS) is 15.4. The van der Waals surface area contributed by atoms with Crippen molar-refractivity contribution in [2.75, 3.05) is 11.6 Å². The van der Waals surface area contributed by atoms with Crippen LogP contribution in [-0.4, -0.2) is 23.6 Å². The Morgan fingerprint density at radius 1 is 1.03 bits per heavy atom. The van der Waals surface area contributed by atoms with Crippen LogP contribution in [0.3, 0.4) is 0 Å². The predicted molar refractivity (Wildman–Crippen MR) is 137 cm³/mol. The third-order valence-corrected chi connectivity index (χ3v) is 5.38. The van der Waals surface area contributed by atoms with E-state index in [0.717, 1.165) is 28.9 Å². The van der Waals surface area contributed by atoms with Gasteiger partial charge in [0.15, 0.2) is 5.11 Å². The number of nitrogens with zero attached hydrogens (tertiary/aromatic N) is 3. The number of rotatable bonds is 7. The second-order valence-corrected chi connectivity index (χ2v) is 7.76. The molecule has 0 aliphatic carbocycles. The second-order valence-electron chi connectivity index (χ2n) is 7.35. The molecule has 5 nitrogen and oxygen atoms in total. The van der Waals surface area contributed by atoms with Crippen molar-refractivity contribution >= 4 is 34.9 Å². The second kappa shape index (κ2) is 10.5. The molecule has 4 rings (SSSR count). The lowest BCUT2D eigenvalue weighted by molar-refractivity contribution is 0.709. The van der Waals surface area contributed by atoms with Gasteiger partial charge in [0.25, 0.3) is 0 Å². The highest BCUT2D eigenvalue weighted by Gasteiger charge is 2.29. The van der Waals surface area contributed by atoms with Crippen LogP contribution in [0.2, 0.25) is 0 Å². The van der Waals surface area contributed by atoms with Crippen LogP contribution < -0.4 is 15.8 Å². The molecule has 0 radical (unpaired) electrons. The quantitative estimate of drug-likeness (QED) is 0.235. The topological polar surface area (TPSA) is 52.0 Å². The van der Waals surface area contributed by atoms with Crippen molar-refractivity contribution in [3.63, 3.8) is 0 Å². The molecule has 1 aliphatic rings. The molecule has 1 atom stereocenters. The molecule has 3 aromatic carbocycles. The van der Waals surface area contributed by atoms with Gasteiger partial charge in [-0.1, -0.05) is 78.9 Å². The summed E-state index contributed by atoms with van der Waals surface area (Å²) in [5.74, 6) is 0. The van der Waals surface area contributed by atoms with Gasteiger partial charge in [0, 0.05) is 13.0 Å². The number of hydrogen-bond acceptors (Lipinski definition) is 4. The van der Waals surface area contributed by atoms with Crippen LogP contribution >= 0.6 is 12.2 Å². The zero-order valence-electron chi connectivity index (χ0n) is 17.7. The summed E-state index contributed by atoms with van der Waals surface area (Å²) in [7, 11) is 0. The molecule has 1 aliphatic heterocycles. The summed E-state index contributed by atoms with van der Waals surface area (Å²) in [5.41, 5.74) is 8.31. The Bertz CT molecular complexity index is 1110. The molecule has 0 amide bonds. The zero-order chi connectivity index (χ0) is 22.2. The van der Waals surface area contributed by atoms with E-state index in [2.05, 4.69) is 88.1 Å².